The summed E-state index contributed by atoms with van der Waals surface area (Å²) in [5.74, 6) is 0.477. The molecule has 0 fully saturated rings. The number of thiazole rings is 1. The maximum absolute atomic E-state index is 12.1. The molecule has 0 saturated carbocycles. The van der Waals surface area contributed by atoms with E-state index in [-0.39, 0.29) is 5.91 Å². The quantitative estimate of drug-likeness (QED) is 0.634. The lowest BCUT2D eigenvalue weighted by atomic mass is 10.1. The van der Waals surface area contributed by atoms with Crippen LogP contribution < -0.4 is 10.1 Å². The minimum absolute atomic E-state index is 0.263. The number of rotatable bonds is 5. The van der Waals surface area contributed by atoms with Gasteiger partial charge in [-0.2, -0.15) is 0 Å². The Balaban J connectivity index is 1.71. The van der Waals surface area contributed by atoms with Crippen LogP contribution in [0.2, 0.25) is 5.02 Å². The second kappa shape index (κ2) is 7.96. The molecule has 0 unspecified atom stereocenters. The standard InChI is InChI=1S/C19H15ClN2O2S/c1-24-17-9-5-3-7-14(17)16-12-25-19(21-16)22-18(23)11-10-13-6-2-4-8-15(13)20/h2-12H,1H3,(H,21,22,23)/b11-10+. The number of carbonyl (C=O) groups is 1. The highest BCUT2D eigenvalue weighted by Crippen LogP contribution is 2.31. The first kappa shape index (κ1) is 17.2. The normalized spacial score (nSPS) is 10.8. The van der Waals surface area contributed by atoms with Crippen molar-refractivity contribution in [3.8, 4) is 17.0 Å². The molecule has 126 valence electrons. The molecular formula is C19H15ClN2O2S. The molecule has 0 aliphatic carbocycles. The number of aromatic nitrogens is 1. The molecule has 1 aromatic heterocycles. The van der Waals surface area contributed by atoms with Gasteiger partial charge in [0.2, 0.25) is 5.91 Å². The number of anilines is 1. The van der Waals surface area contributed by atoms with E-state index in [4.69, 9.17) is 16.3 Å². The molecule has 1 N–H and O–H groups in total. The van der Waals surface area contributed by atoms with E-state index >= 15 is 0 Å². The van der Waals surface area contributed by atoms with E-state index in [2.05, 4.69) is 10.3 Å². The lowest BCUT2D eigenvalue weighted by molar-refractivity contribution is -0.111. The third-order valence-electron chi connectivity index (χ3n) is 3.44. The summed E-state index contributed by atoms with van der Waals surface area (Å²) in [4.78, 5) is 16.5. The molecule has 0 saturated heterocycles. The highest BCUT2D eigenvalue weighted by atomic mass is 35.5. The number of carbonyl (C=O) groups excluding carboxylic acids is 1. The summed E-state index contributed by atoms with van der Waals surface area (Å²) < 4.78 is 5.34. The Bertz CT molecular complexity index is 921. The maximum Gasteiger partial charge on any atom is 0.250 e. The van der Waals surface area contributed by atoms with Gasteiger partial charge in [-0.05, 0) is 29.8 Å². The van der Waals surface area contributed by atoms with Gasteiger partial charge in [-0.1, -0.05) is 41.9 Å². The number of hydrogen-bond acceptors (Lipinski definition) is 4. The molecule has 1 amide bonds. The van der Waals surface area contributed by atoms with Crippen LogP contribution in [0.15, 0.2) is 60.0 Å². The molecule has 3 aromatic rings. The predicted octanol–water partition coefficient (Wildman–Crippen LogP) is 5.12. The number of halogens is 1. The smallest absolute Gasteiger partial charge is 0.250 e. The van der Waals surface area contributed by atoms with Crippen molar-refractivity contribution in [2.24, 2.45) is 0 Å². The van der Waals surface area contributed by atoms with Gasteiger partial charge in [0, 0.05) is 22.0 Å². The average molecular weight is 371 g/mol. The maximum atomic E-state index is 12.1. The molecule has 0 atom stereocenters. The van der Waals surface area contributed by atoms with Crippen LogP contribution in [0.25, 0.3) is 17.3 Å². The Hall–Kier alpha value is -2.63. The molecule has 0 spiro atoms. The van der Waals surface area contributed by atoms with Crippen molar-refractivity contribution >= 4 is 40.1 Å². The van der Waals surface area contributed by atoms with Crippen molar-refractivity contribution in [2.75, 3.05) is 12.4 Å². The number of nitrogens with one attached hydrogen (secondary N) is 1. The molecule has 0 bridgehead atoms. The van der Waals surface area contributed by atoms with E-state index in [1.165, 1.54) is 17.4 Å². The summed E-state index contributed by atoms with van der Waals surface area (Å²) in [6.07, 6.45) is 3.11. The Morgan fingerprint density at radius 2 is 1.96 bits per heavy atom. The predicted molar refractivity (Wildman–Crippen MR) is 103 cm³/mol. The van der Waals surface area contributed by atoms with Gasteiger partial charge in [-0.15, -0.1) is 11.3 Å². The highest BCUT2D eigenvalue weighted by Gasteiger charge is 2.10. The van der Waals surface area contributed by atoms with Crippen LogP contribution in [-0.4, -0.2) is 18.0 Å². The number of hydrogen-bond donors (Lipinski definition) is 1. The van der Waals surface area contributed by atoms with Gasteiger partial charge in [0.1, 0.15) is 5.75 Å². The summed E-state index contributed by atoms with van der Waals surface area (Å²) in [6, 6.07) is 14.9. The van der Waals surface area contributed by atoms with Crippen LogP contribution in [0.1, 0.15) is 5.56 Å². The van der Waals surface area contributed by atoms with Crippen molar-refractivity contribution in [2.45, 2.75) is 0 Å². The zero-order chi connectivity index (χ0) is 17.6. The zero-order valence-electron chi connectivity index (χ0n) is 13.4. The topological polar surface area (TPSA) is 51.2 Å². The molecular weight excluding hydrogens is 356 g/mol. The van der Waals surface area contributed by atoms with E-state index in [1.807, 2.05) is 47.8 Å². The first-order valence-electron chi connectivity index (χ1n) is 7.50. The van der Waals surface area contributed by atoms with Gasteiger partial charge in [-0.25, -0.2) is 4.98 Å². The minimum atomic E-state index is -0.263. The number of amides is 1. The summed E-state index contributed by atoms with van der Waals surface area (Å²) in [7, 11) is 1.62. The average Bonchev–Trinajstić information content (AvgIpc) is 3.09. The van der Waals surface area contributed by atoms with Gasteiger partial charge in [0.15, 0.2) is 5.13 Å². The summed E-state index contributed by atoms with van der Waals surface area (Å²) in [6.45, 7) is 0. The molecule has 6 heteroatoms. The van der Waals surface area contributed by atoms with Crippen molar-refractivity contribution < 1.29 is 9.53 Å². The molecule has 3 rings (SSSR count). The van der Waals surface area contributed by atoms with E-state index in [1.54, 1.807) is 19.3 Å². The van der Waals surface area contributed by atoms with Crippen molar-refractivity contribution in [1.82, 2.24) is 4.98 Å². The first-order valence-corrected chi connectivity index (χ1v) is 8.75. The lowest BCUT2D eigenvalue weighted by Gasteiger charge is -2.04. The number of methoxy groups -OCH3 is 1. The van der Waals surface area contributed by atoms with Gasteiger partial charge in [-0.3, -0.25) is 10.1 Å². The SMILES string of the molecule is COc1ccccc1-c1csc(NC(=O)/C=C/c2ccccc2Cl)n1. The van der Waals surface area contributed by atoms with E-state index in [0.29, 0.717) is 10.2 Å². The fraction of sp³-hybridized carbons (Fsp3) is 0.0526. The second-order valence-electron chi connectivity index (χ2n) is 5.08. The molecule has 0 radical (unpaired) electrons. The number of benzene rings is 2. The lowest BCUT2D eigenvalue weighted by Crippen LogP contribution is -2.07. The van der Waals surface area contributed by atoms with Crippen LogP contribution in [0.4, 0.5) is 5.13 Å². The largest absolute Gasteiger partial charge is 0.496 e. The zero-order valence-corrected chi connectivity index (χ0v) is 15.0. The van der Waals surface area contributed by atoms with Gasteiger partial charge >= 0.3 is 0 Å². The van der Waals surface area contributed by atoms with Crippen molar-refractivity contribution in [3.05, 3.63) is 70.6 Å². The number of para-hydroxylation sites is 1. The Kier molecular flexibility index (Phi) is 5.48. The number of nitrogens with zero attached hydrogens (tertiary/aromatic N) is 1. The summed E-state index contributed by atoms with van der Waals surface area (Å²) in [5, 5.41) is 5.76. The van der Waals surface area contributed by atoms with Crippen LogP contribution in [0.3, 0.4) is 0 Å². The fourth-order valence-corrected chi connectivity index (χ4v) is 3.15. The molecule has 2 aromatic carbocycles. The fourth-order valence-electron chi connectivity index (χ4n) is 2.23. The minimum Gasteiger partial charge on any atom is -0.496 e. The van der Waals surface area contributed by atoms with Crippen molar-refractivity contribution in [3.63, 3.8) is 0 Å². The third-order valence-corrected chi connectivity index (χ3v) is 4.54. The van der Waals surface area contributed by atoms with Crippen molar-refractivity contribution in [1.29, 1.82) is 0 Å². The van der Waals surface area contributed by atoms with Gasteiger partial charge in [0.05, 0.1) is 12.8 Å². The molecule has 4 nitrogen and oxygen atoms in total. The van der Waals surface area contributed by atoms with Gasteiger partial charge < -0.3 is 4.74 Å². The summed E-state index contributed by atoms with van der Waals surface area (Å²) in [5.41, 5.74) is 2.43. The van der Waals surface area contributed by atoms with E-state index < -0.39 is 0 Å². The summed E-state index contributed by atoms with van der Waals surface area (Å²) >= 11 is 7.42. The number of ether oxygens (including phenoxy) is 1. The van der Waals surface area contributed by atoms with Crippen LogP contribution in [-0.2, 0) is 4.79 Å². The van der Waals surface area contributed by atoms with Crippen LogP contribution >= 0.6 is 22.9 Å². The first-order chi connectivity index (χ1) is 12.2. The van der Waals surface area contributed by atoms with Crippen LogP contribution in [0.5, 0.6) is 5.75 Å². The Labute approximate surface area is 154 Å². The van der Waals surface area contributed by atoms with Gasteiger partial charge in [0.25, 0.3) is 0 Å². The van der Waals surface area contributed by atoms with Crippen LogP contribution in [0, 0.1) is 0 Å². The Morgan fingerprint density at radius 3 is 2.76 bits per heavy atom. The van der Waals surface area contributed by atoms with E-state index in [0.717, 1.165) is 22.6 Å². The second-order valence-corrected chi connectivity index (χ2v) is 6.35. The third kappa shape index (κ3) is 4.26. The monoisotopic (exact) mass is 370 g/mol. The van der Waals surface area contributed by atoms with E-state index in [9.17, 15) is 4.79 Å². The molecule has 25 heavy (non-hydrogen) atoms. The highest BCUT2D eigenvalue weighted by molar-refractivity contribution is 7.14. The molecule has 1 heterocycles. The molecule has 0 aliphatic heterocycles. The Morgan fingerprint density at radius 1 is 1.20 bits per heavy atom. The molecule has 0 aliphatic rings.